The van der Waals surface area contributed by atoms with E-state index in [0.29, 0.717) is 28.8 Å². The molecule has 4 N–H and O–H groups in total. The Kier molecular flexibility index (Phi) is 5.28. The number of carbonyl (C=O) groups excluding carboxylic acids is 2. The molecular formula is C18H16ClN3O4. The first-order valence-electron chi connectivity index (χ1n) is 7.72. The number of hydrogen-bond acceptors (Lipinski definition) is 4. The van der Waals surface area contributed by atoms with Crippen LogP contribution < -0.4 is 25.8 Å². The largest absolute Gasteiger partial charge is 0.454 e. The number of nitrogens with two attached hydrogens (primary N) is 1. The van der Waals surface area contributed by atoms with Crippen molar-refractivity contribution in [3.63, 3.8) is 0 Å². The highest BCUT2D eigenvalue weighted by atomic mass is 35.5. The zero-order valence-electron chi connectivity index (χ0n) is 13.6. The van der Waals surface area contributed by atoms with Crippen LogP contribution in [-0.4, -0.2) is 18.7 Å². The Bertz CT molecular complexity index is 865. The zero-order chi connectivity index (χ0) is 18.5. The van der Waals surface area contributed by atoms with Crippen LogP contribution in [0.15, 0.2) is 42.5 Å². The number of urea groups is 1. The van der Waals surface area contributed by atoms with Crippen LogP contribution in [0.1, 0.15) is 11.1 Å². The molecule has 134 valence electrons. The molecule has 0 saturated carbocycles. The highest BCUT2D eigenvalue weighted by Gasteiger charge is 2.17. The van der Waals surface area contributed by atoms with E-state index in [1.807, 2.05) is 0 Å². The Morgan fingerprint density at radius 3 is 2.69 bits per heavy atom. The summed E-state index contributed by atoms with van der Waals surface area (Å²) >= 11 is 6.10. The summed E-state index contributed by atoms with van der Waals surface area (Å²) in [5, 5.41) is 5.67. The number of fused-ring (bicyclic) bond motifs is 1. The van der Waals surface area contributed by atoms with Gasteiger partial charge in [0.15, 0.2) is 11.5 Å². The number of ether oxygens (including phenoxy) is 2. The first-order valence-corrected chi connectivity index (χ1v) is 8.09. The molecule has 26 heavy (non-hydrogen) atoms. The maximum Gasteiger partial charge on any atom is 0.316 e. The van der Waals surface area contributed by atoms with Crippen LogP contribution in [0.25, 0.3) is 6.08 Å². The van der Waals surface area contributed by atoms with Crippen LogP contribution >= 0.6 is 11.6 Å². The second kappa shape index (κ2) is 7.79. The summed E-state index contributed by atoms with van der Waals surface area (Å²) in [5.41, 5.74) is 7.25. The molecule has 1 heterocycles. The first kappa shape index (κ1) is 17.6. The van der Waals surface area contributed by atoms with E-state index >= 15 is 0 Å². The molecule has 2 aromatic rings. The van der Waals surface area contributed by atoms with E-state index in [0.717, 1.165) is 11.1 Å². The van der Waals surface area contributed by atoms with Crippen molar-refractivity contribution < 1.29 is 19.1 Å². The van der Waals surface area contributed by atoms with Gasteiger partial charge in [-0.1, -0.05) is 23.7 Å². The molecule has 0 unspecified atom stereocenters. The topological polar surface area (TPSA) is 103 Å². The molecule has 0 atom stereocenters. The molecule has 0 aliphatic carbocycles. The lowest BCUT2D eigenvalue weighted by Crippen LogP contribution is -2.20. The Hall–Kier alpha value is -3.19. The fraction of sp³-hybridized carbons (Fsp3) is 0.111. The van der Waals surface area contributed by atoms with E-state index in [9.17, 15) is 9.59 Å². The van der Waals surface area contributed by atoms with Crippen LogP contribution in [0, 0.1) is 0 Å². The molecule has 0 aromatic heterocycles. The number of primary amides is 1. The lowest BCUT2D eigenvalue weighted by atomic mass is 10.2. The van der Waals surface area contributed by atoms with Crippen molar-refractivity contribution in [1.29, 1.82) is 0 Å². The molecule has 8 heteroatoms. The number of anilines is 1. The normalized spacial score (nSPS) is 12.2. The zero-order valence-corrected chi connectivity index (χ0v) is 14.4. The van der Waals surface area contributed by atoms with Gasteiger partial charge in [-0.05, 0) is 41.5 Å². The fourth-order valence-corrected chi connectivity index (χ4v) is 2.63. The van der Waals surface area contributed by atoms with E-state index in [-0.39, 0.29) is 12.7 Å². The van der Waals surface area contributed by atoms with Gasteiger partial charge < -0.3 is 25.8 Å². The smallest absolute Gasteiger partial charge is 0.316 e. The third-order valence-corrected chi connectivity index (χ3v) is 3.85. The van der Waals surface area contributed by atoms with Crippen molar-refractivity contribution in [2.45, 2.75) is 6.54 Å². The Labute approximate surface area is 154 Å². The number of benzene rings is 2. The van der Waals surface area contributed by atoms with Crippen LogP contribution in [-0.2, 0) is 11.3 Å². The number of amides is 3. The summed E-state index contributed by atoms with van der Waals surface area (Å²) in [4.78, 5) is 22.7. The molecule has 0 bridgehead atoms. The van der Waals surface area contributed by atoms with Crippen molar-refractivity contribution >= 4 is 35.3 Å². The minimum absolute atomic E-state index is 0.135. The maximum absolute atomic E-state index is 12.0. The van der Waals surface area contributed by atoms with E-state index in [1.165, 1.54) is 6.08 Å². The van der Waals surface area contributed by atoms with Gasteiger partial charge in [0.05, 0.1) is 5.02 Å². The average Bonchev–Trinajstić information content (AvgIpc) is 3.08. The van der Waals surface area contributed by atoms with Crippen molar-refractivity contribution in [2.75, 3.05) is 12.1 Å². The van der Waals surface area contributed by atoms with E-state index < -0.39 is 6.03 Å². The van der Waals surface area contributed by atoms with Gasteiger partial charge in [-0.15, -0.1) is 0 Å². The van der Waals surface area contributed by atoms with Gasteiger partial charge in [-0.3, -0.25) is 4.79 Å². The number of hydrogen-bond donors (Lipinski definition) is 3. The Balaban J connectivity index is 1.55. The molecule has 1 aliphatic rings. The van der Waals surface area contributed by atoms with Gasteiger partial charge in [-0.25, -0.2) is 4.79 Å². The molecule has 0 radical (unpaired) electrons. The molecule has 7 nitrogen and oxygen atoms in total. The molecule has 0 spiro atoms. The average molecular weight is 374 g/mol. The van der Waals surface area contributed by atoms with E-state index in [2.05, 4.69) is 10.6 Å². The number of halogens is 1. The molecule has 2 aromatic carbocycles. The number of rotatable bonds is 5. The molecule has 3 amide bonds. The van der Waals surface area contributed by atoms with Gasteiger partial charge in [0.25, 0.3) is 0 Å². The van der Waals surface area contributed by atoms with Crippen molar-refractivity contribution in [1.82, 2.24) is 5.32 Å². The van der Waals surface area contributed by atoms with Crippen LogP contribution in [0.5, 0.6) is 11.5 Å². The van der Waals surface area contributed by atoms with Crippen molar-refractivity contribution in [2.24, 2.45) is 5.73 Å². The maximum atomic E-state index is 12.0. The lowest BCUT2D eigenvalue weighted by Gasteiger charge is -2.05. The third kappa shape index (κ3) is 4.46. The van der Waals surface area contributed by atoms with Crippen molar-refractivity contribution in [3.05, 3.63) is 58.6 Å². The van der Waals surface area contributed by atoms with Crippen LogP contribution in [0.4, 0.5) is 10.5 Å². The predicted octanol–water partition coefficient (Wildman–Crippen LogP) is 2.89. The second-order valence-electron chi connectivity index (χ2n) is 5.47. The highest BCUT2D eigenvalue weighted by molar-refractivity contribution is 6.32. The summed E-state index contributed by atoms with van der Waals surface area (Å²) in [7, 11) is 0. The third-order valence-electron chi connectivity index (χ3n) is 3.56. The summed E-state index contributed by atoms with van der Waals surface area (Å²) in [6.07, 6.45) is 3.06. The second-order valence-corrected chi connectivity index (χ2v) is 5.88. The standard InChI is InChI=1S/C18H16ClN3O4/c19-14-7-12(8-15-17(14)26-10-25-15)3-6-16(23)21-9-11-1-4-13(5-2-11)22-18(20)24/h1-8H,9-10H2,(H,21,23)(H3,20,22,24)/b6-3+. The van der Waals surface area contributed by atoms with Crippen LogP contribution in [0.2, 0.25) is 5.02 Å². The van der Waals surface area contributed by atoms with Gasteiger partial charge >= 0.3 is 6.03 Å². The van der Waals surface area contributed by atoms with Gasteiger partial charge in [0.2, 0.25) is 12.7 Å². The Morgan fingerprint density at radius 1 is 1.19 bits per heavy atom. The van der Waals surface area contributed by atoms with Crippen molar-refractivity contribution in [3.8, 4) is 11.5 Å². The first-order chi connectivity index (χ1) is 12.5. The number of nitrogens with one attached hydrogen (secondary N) is 2. The highest BCUT2D eigenvalue weighted by Crippen LogP contribution is 2.40. The van der Waals surface area contributed by atoms with Gasteiger partial charge in [0.1, 0.15) is 0 Å². The molecule has 3 rings (SSSR count). The lowest BCUT2D eigenvalue weighted by molar-refractivity contribution is -0.116. The van der Waals surface area contributed by atoms with E-state index in [1.54, 1.807) is 42.5 Å². The molecule has 0 fully saturated rings. The van der Waals surface area contributed by atoms with Gasteiger partial charge in [-0.2, -0.15) is 0 Å². The quantitative estimate of drug-likeness (QED) is 0.701. The fourth-order valence-electron chi connectivity index (χ4n) is 2.35. The SMILES string of the molecule is NC(=O)Nc1ccc(CNC(=O)/C=C/c2cc(Cl)c3c(c2)OCO3)cc1. The molecule has 0 saturated heterocycles. The minimum Gasteiger partial charge on any atom is -0.454 e. The summed E-state index contributed by atoms with van der Waals surface area (Å²) in [5.74, 6) is 0.822. The Morgan fingerprint density at radius 2 is 1.96 bits per heavy atom. The van der Waals surface area contributed by atoms with Crippen LogP contribution in [0.3, 0.4) is 0 Å². The van der Waals surface area contributed by atoms with Gasteiger partial charge in [0, 0.05) is 18.3 Å². The minimum atomic E-state index is -0.625. The summed E-state index contributed by atoms with van der Waals surface area (Å²) in [6.45, 7) is 0.485. The monoisotopic (exact) mass is 373 g/mol. The summed E-state index contributed by atoms with van der Waals surface area (Å²) in [6, 6.07) is 9.80. The molecular weight excluding hydrogens is 358 g/mol. The van der Waals surface area contributed by atoms with E-state index in [4.69, 9.17) is 26.8 Å². The summed E-state index contributed by atoms with van der Waals surface area (Å²) < 4.78 is 10.5. The predicted molar refractivity (Wildman–Crippen MR) is 98.1 cm³/mol. The number of carbonyl (C=O) groups is 2. The molecule has 1 aliphatic heterocycles.